The van der Waals surface area contributed by atoms with Gasteiger partial charge in [0, 0.05) is 19.4 Å². The topological polar surface area (TPSA) is 134 Å². The molecule has 3 N–H and O–H groups in total. The van der Waals surface area contributed by atoms with Crippen molar-refractivity contribution in [2.75, 3.05) is 26.4 Å². The minimum atomic E-state index is -4.37. The fraction of sp³-hybridized carbons (Fsp3) is 0.897. The van der Waals surface area contributed by atoms with Gasteiger partial charge in [0.05, 0.1) is 13.2 Å². The summed E-state index contributed by atoms with van der Waals surface area (Å²) in [5.41, 5.74) is 5.33. The summed E-state index contributed by atoms with van der Waals surface area (Å²) in [7, 11) is -4.37. The van der Waals surface area contributed by atoms with Crippen LogP contribution in [0.25, 0.3) is 0 Å². The molecule has 2 atom stereocenters. The van der Waals surface area contributed by atoms with Crippen molar-refractivity contribution in [2.24, 2.45) is 5.73 Å². The summed E-state index contributed by atoms with van der Waals surface area (Å²) < 4.78 is 32.7. The predicted octanol–water partition coefficient (Wildman–Crippen LogP) is 11.1. The standard InChI is InChI=1S/C39H76NO8P/c1-3-5-7-9-11-13-15-17-18-19-20-22-24-26-28-30-32-39(42)48-37(36-47-49(43,44)46-34-33-40)35-45-38(41)31-29-27-25-23-21-16-14-12-10-8-6-4-2/h18-19,37H,3-17,20-36,40H2,1-2H3,(H,43,44)/b19-18-. The highest BCUT2D eigenvalue weighted by molar-refractivity contribution is 7.47. The van der Waals surface area contributed by atoms with E-state index in [0.29, 0.717) is 6.42 Å². The van der Waals surface area contributed by atoms with Crippen LogP contribution >= 0.6 is 7.82 Å². The van der Waals surface area contributed by atoms with E-state index in [1.807, 2.05) is 0 Å². The van der Waals surface area contributed by atoms with Crippen LogP contribution in [-0.4, -0.2) is 49.3 Å². The third-order valence-electron chi connectivity index (χ3n) is 8.65. The van der Waals surface area contributed by atoms with Crippen molar-refractivity contribution in [3.05, 3.63) is 12.2 Å². The monoisotopic (exact) mass is 718 g/mol. The van der Waals surface area contributed by atoms with Crippen molar-refractivity contribution in [3.8, 4) is 0 Å². The Balaban J connectivity index is 4.18. The maximum atomic E-state index is 12.5. The van der Waals surface area contributed by atoms with Gasteiger partial charge in [0.25, 0.3) is 0 Å². The van der Waals surface area contributed by atoms with E-state index in [1.165, 1.54) is 109 Å². The first kappa shape index (κ1) is 47.8. The lowest BCUT2D eigenvalue weighted by molar-refractivity contribution is -0.161. The Morgan fingerprint density at radius 2 is 1.00 bits per heavy atom. The maximum absolute atomic E-state index is 12.5. The minimum absolute atomic E-state index is 0.0546. The number of esters is 2. The lowest BCUT2D eigenvalue weighted by Crippen LogP contribution is -2.29. The third kappa shape index (κ3) is 36.3. The Morgan fingerprint density at radius 3 is 1.45 bits per heavy atom. The lowest BCUT2D eigenvalue weighted by Gasteiger charge is -2.19. The molecule has 0 radical (unpaired) electrons. The first-order valence-corrected chi connectivity index (χ1v) is 21.7. The van der Waals surface area contributed by atoms with E-state index < -0.39 is 26.5 Å². The van der Waals surface area contributed by atoms with Crippen molar-refractivity contribution in [2.45, 2.75) is 200 Å². The van der Waals surface area contributed by atoms with Crippen LogP contribution in [0.4, 0.5) is 0 Å². The summed E-state index contributed by atoms with van der Waals surface area (Å²) in [4.78, 5) is 34.7. The average molecular weight is 718 g/mol. The average Bonchev–Trinajstić information content (AvgIpc) is 3.08. The van der Waals surface area contributed by atoms with E-state index in [4.69, 9.17) is 24.3 Å². The van der Waals surface area contributed by atoms with Gasteiger partial charge in [-0.05, 0) is 38.5 Å². The SMILES string of the molecule is CCCCCCCCC/C=C\CCCCCCCC(=O)OC(COC(=O)CCCCCCCCCCCCCC)COP(=O)(O)OCCN. The molecule has 0 bridgehead atoms. The molecule has 49 heavy (non-hydrogen) atoms. The molecule has 0 aromatic heterocycles. The molecule has 0 saturated carbocycles. The number of unbranched alkanes of at least 4 members (excludes halogenated alkanes) is 23. The van der Waals surface area contributed by atoms with E-state index in [1.54, 1.807) is 0 Å². The molecule has 0 aliphatic heterocycles. The largest absolute Gasteiger partial charge is 0.472 e. The molecule has 0 saturated heterocycles. The van der Waals surface area contributed by atoms with Gasteiger partial charge in [-0.1, -0.05) is 154 Å². The van der Waals surface area contributed by atoms with Crippen molar-refractivity contribution in [1.29, 1.82) is 0 Å². The number of carbonyl (C=O) groups is 2. The first-order valence-electron chi connectivity index (χ1n) is 20.2. The smallest absolute Gasteiger partial charge is 0.462 e. The van der Waals surface area contributed by atoms with Crippen LogP contribution in [0.5, 0.6) is 0 Å². The van der Waals surface area contributed by atoms with Crippen molar-refractivity contribution >= 4 is 19.8 Å². The van der Waals surface area contributed by atoms with Crippen LogP contribution in [0.1, 0.15) is 194 Å². The number of phosphoric ester groups is 1. The summed E-state index contributed by atoms with van der Waals surface area (Å²) in [5, 5.41) is 0. The molecule has 0 aliphatic carbocycles. The fourth-order valence-electron chi connectivity index (χ4n) is 5.63. The Labute approximate surface area is 300 Å². The van der Waals surface area contributed by atoms with E-state index in [0.717, 1.165) is 51.4 Å². The zero-order chi connectivity index (χ0) is 36.1. The summed E-state index contributed by atoms with van der Waals surface area (Å²) in [6.45, 7) is 3.72. The van der Waals surface area contributed by atoms with Crippen LogP contribution in [-0.2, 0) is 32.7 Å². The number of rotatable bonds is 38. The number of carbonyl (C=O) groups excluding carboxylic acids is 2. The van der Waals surface area contributed by atoms with E-state index in [2.05, 4.69) is 26.0 Å². The van der Waals surface area contributed by atoms with Gasteiger partial charge in [-0.2, -0.15) is 0 Å². The number of nitrogens with two attached hydrogens (primary N) is 1. The highest BCUT2D eigenvalue weighted by Crippen LogP contribution is 2.43. The number of ether oxygens (including phenoxy) is 2. The molecule has 0 heterocycles. The summed E-state index contributed by atoms with van der Waals surface area (Å²) in [6, 6.07) is 0. The number of phosphoric acid groups is 1. The molecule has 0 aromatic rings. The molecule has 9 nitrogen and oxygen atoms in total. The van der Waals surface area contributed by atoms with Gasteiger partial charge in [0.2, 0.25) is 0 Å². The molecule has 0 aromatic carbocycles. The predicted molar refractivity (Wildman–Crippen MR) is 201 cm³/mol. The maximum Gasteiger partial charge on any atom is 0.472 e. The number of hydrogen-bond donors (Lipinski definition) is 2. The molecule has 0 spiro atoms. The second-order valence-corrected chi connectivity index (χ2v) is 15.0. The van der Waals surface area contributed by atoms with Gasteiger partial charge >= 0.3 is 19.8 Å². The van der Waals surface area contributed by atoms with Crippen LogP contribution in [0.3, 0.4) is 0 Å². The van der Waals surface area contributed by atoms with Gasteiger partial charge in [-0.3, -0.25) is 18.6 Å². The van der Waals surface area contributed by atoms with Crippen molar-refractivity contribution < 1.29 is 37.6 Å². The second kappa shape index (κ2) is 36.5. The van der Waals surface area contributed by atoms with Gasteiger partial charge in [-0.15, -0.1) is 0 Å². The van der Waals surface area contributed by atoms with E-state index in [-0.39, 0.29) is 38.6 Å². The Hall–Kier alpha value is -1.25. The quantitative estimate of drug-likeness (QED) is 0.0277. The second-order valence-electron chi connectivity index (χ2n) is 13.5. The third-order valence-corrected chi connectivity index (χ3v) is 9.64. The van der Waals surface area contributed by atoms with Crippen molar-refractivity contribution in [3.63, 3.8) is 0 Å². The Bertz CT molecular complexity index is 825. The highest BCUT2D eigenvalue weighted by atomic mass is 31.2. The van der Waals surface area contributed by atoms with Gasteiger partial charge in [0.15, 0.2) is 6.10 Å². The normalized spacial score (nSPS) is 13.5. The Kier molecular flexibility index (Phi) is 35.6. The molecular weight excluding hydrogens is 641 g/mol. The molecule has 0 amide bonds. The fourth-order valence-corrected chi connectivity index (χ4v) is 6.39. The minimum Gasteiger partial charge on any atom is -0.462 e. The summed E-state index contributed by atoms with van der Waals surface area (Å²) in [5.74, 6) is -0.832. The van der Waals surface area contributed by atoms with Crippen LogP contribution in [0, 0.1) is 0 Å². The zero-order valence-electron chi connectivity index (χ0n) is 31.7. The molecule has 0 rings (SSSR count). The van der Waals surface area contributed by atoms with Gasteiger partial charge < -0.3 is 20.1 Å². The molecule has 2 unspecified atom stereocenters. The summed E-state index contributed by atoms with van der Waals surface area (Å²) >= 11 is 0. The number of hydrogen-bond acceptors (Lipinski definition) is 8. The molecule has 0 aliphatic rings. The molecular formula is C39H76NO8P. The molecule has 0 fully saturated rings. The van der Waals surface area contributed by atoms with Crippen LogP contribution in [0.15, 0.2) is 12.2 Å². The summed E-state index contributed by atoms with van der Waals surface area (Å²) in [6.07, 6.45) is 35.2. The number of allylic oxidation sites excluding steroid dienone is 2. The Morgan fingerprint density at radius 1 is 0.592 bits per heavy atom. The van der Waals surface area contributed by atoms with Crippen LogP contribution in [0.2, 0.25) is 0 Å². The molecule has 10 heteroatoms. The highest BCUT2D eigenvalue weighted by Gasteiger charge is 2.26. The first-order chi connectivity index (χ1) is 23.8. The van der Waals surface area contributed by atoms with E-state index in [9.17, 15) is 19.0 Å². The van der Waals surface area contributed by atoms with E-state index >= 15 is 0 Å². The van der Waals surface area contributed by atoms with Gasteiger partial charge in [-0.25, -0.2) is 4.57 Å². The van der Waals surface area contributed by atoms with Crippen molar-refractivity contribution in [1.82, 2.24) is 0 Å². The van der Waals surface area contributed by atoms with Gasteiger partial charge in [0.1, 0.15) is 6.61 Å². The molecule has 290 valence electrons. The lowest BCUT2D eigenvalue weighted by atomic mass is 10.0. The zero-order valence-corrected chi connectivity index (χ0v) is 32.6. The van der Waals surface area contributed by atoms with Crippen LogP contribution < -0.4 is 5.73 Å².